The summed E-state index contributed by atoms with van der Waals surface area (Å²) in [5, 5.41) is 3.02. The summed E-state index contributed by atoms with van der Waals surface area (Å²) in [6.07, 6.45) is 2.02. The number of carbonyl (C=O) groups excluding carboxylic acids is 2. The van der Waals surface area contributed by atoms with E-state index in [0.717, 1.165) is 45.8 Å². The normalized spacial score (nSPS) is 12.8. The van der Waals surface area contributed by atoms with E-state index in [0.29, 0.717) is 6.42 Å². The van der Waals surface area contributed by atoms with Crippen LogP contribution in [-0.2, 0) is 32.6 Å². The zero-order valence-corrected chi connectivity index (χ0v) is 25.3. The summed E-state index contributed by atoms with van der Waals surface area (Å²) in [5.41, 5.74) is 2.77. The molecule has 0 saturated carbocycles. The molecule has 3 aromatic carbocycles. The largest absolute Gasteiger partial charge is 0.352 e. The predicted molar refractivity (Wildman–Crippen MR) is 161 cm³/mol. The lowest BCUT2D eigenvalue weighted by molar-refractivity contribution is -0.141. The molecule has 7 nitrogen and oxygen atoms in total. The highest BCUT2D eigenvalue weighted by atomic mass is 32.2. The van der Waals surface area contributed by atoms with Crippen molar-refractivity contribution in [1.82, 2.24) is 10.2 Å². The first-order chi connectivity index (χ1) is 19.9. The molecule has 0 aliphatic rings. The maximum absolute atomic E-state index is 13.9. The summed E-state index contributed by atoms with van der Waals surface area (Å²) < 4.78 is 53.3. The summed E-state index contributed by atoms with van der Waals surface area (Å²) in [6, 6.07) is 19.1. The number of benzene rings is 3. The highest BCUT2D eigenvalue weighted by Crippen LogP contribution is 2.22. The van der Waals surface area contributed by atoms with Gasteiger partial charge in [0.15, 0.2) is 11.6 Å². The molecule has 0 fully saturated rings. The molecule has 0 radical (unpaired) electrons. The maximum Gasteiger partial charge on any atom is 0.243 e. The minimum absolute atomic E-state index is 0.0322. The van der Waals surface area contributed by atoms with Gasteiger partial charge in [-0.2, -0.15) is 0 Å². The number of aryl methyl sites for hydroxylation is 1. The quantitative estimate of drug-likeness (QED) is 0.270. The number of rotatable bonds is 14. The first-order valence-electron chi connectivity index (χ1n) is 14.0. The third-order valence-corrected chi connectivity index (χ3v) is 8.28. The molecular formula is C32H39F2N3O4S. The molecule has 0 aliphatic heterocycles. The van der Waals surface area contributed by atoms with E-state index in [1.54, 1.807) is 4.90 Å². The van der Waals surface area contributed by atoms with Crippen molar-refractivity contribution in [2.75, 3.05) is 17.1 Å². The summed E-state index contributed by atoms with van der Waals surface area (Å²) >= 11 is 0. The second-order valence-electron chi connectivity index (χ2n) is 10.6. The van der Waals surface area contributed by atoms with E-state index in [-0.39, 0.29) is 49.5 Å². The Morgan fingerprint density at radius 1 is 0.929 bits per heavy atom. The predicted octanol–water partition coefficient (Wildman–Crippen LogP) is 5.37. The number of amides is 2. The van der Waals surface area contributed by atoms with Crippen LogP contribution in [0.2, 0.25) is 0 Å². The molecule has 2 atom stereocenters. The van der Waals surface area contributed by atoms with Gasteiger partial charge in [-0.1, -0.05) is 67.1 Å². The van der Waals surface area contributed by atoms with Crippen LogP contribution in [-0.4, -0.2) is 50.0 Å². The smallest absolute Gasteiger partial charge is 0.243 e. The molecular weight excluding hydrogens is 560 g/mol. The zero-order chi connectivity index (χ0) is 30.9. The molecule has 0 aromatic heterocycles. The zero-order valence-electron chi connectivity index (χ0n) is 24.5. The second kappa shape index (κ2) is 14.9. The molecule has 0 heterocycles. The minimum Gasteiger partial charge on any atom is -0.352 e. The number of halogens is 2. The van der Waals surface area contributed by atoms with E-state index in [1.807, 2.05) is 75.4 Å². The van der Waals surface area contributed by atoms with E-state index in [1.165, 1.54) is 6.07 Å². The molecule has 0 aliphatic carbocycles. The first-order valence-corrected chi connectivity index (χ1v) is 15.9. The molecule has 0 unspecified atom stereocenters. The van der Waals surface area contributed by atoms with Crippen LogP contribution in [0.1, 0.15) is 49.8 Å². The Labute approximate surface area is 247 Å². The fraction of sp³-hybridized carbons (Fsp3) is 0.375. The fourth-order valence-corrected chi connectivity index (χ4v) is 5.49. The van der Waals surface area contributed by atoms with Gasteiger partial charge in [-0.3, -0.25) is 13.9 Å². The standard InChI is InChI=1S/C32H39F2N3O4S/c1-5-24(3)35-32(39)30(20-25-10-7-6-8-11-25)36(22-26-15-13-23(2)14-16-26)31(38)12-9-19-37(42(4,40)41)27-17-18-28(33)29(34)21-27/h6-8,10-11,13-18,21,24,30H,5,9,12,19-20,22H2,1-4H3,(H,35,39)/t24-,30+/m1/s1. The molecule has 1 N–H and O–H groups in total. The van der Waals surface area contributed by atoms with Gasteiger partial charge in [-0.25, -0.2) is 17.2 Å². The fourth-order valence-electron chi connectivity index (χ4n) is 4.53. The van der Waals surface area contributed by atoms with Gasteiger partial charge in [-0.05, 0) is 49.9 Å². The van der Waals surface area contributed by atoms with Crippen LogP contribution in [0.15, 0.2) is 72.8 Å². The van der Waals surface area contributed by atoms with Gasteiger partial charge in [0.05, 0.1) is 11.9 Å². The van der Waals surface area contributed by atoms with Gasteiger partial charge in [0.2, 0.25) is 21.8 Å². The van der Waals surface area contributed by atoms with Crippen molar-refractivity contribution in [3.05, 3.63) is 101 Å². The summed E-state index contributed by atoms with van der Waals surface area (Å²) in [7, 11) is -3.85. The highest BCUT2D eigenvalue weighted by Gasteiger charge is 2.31. The van der Waals surface area contributed by atoms with Crippen molar-refractivity contribution in [1.29, 1.82) is 0 Å². The molecule has 0 bridgehead atoms. The molecule has 3 rings (SSSR count). The van der Waals surface area contributed by atoms with Gasteiger partial charge >= 0.3 is 0 Å². The van der Waals surface area contributed by atoms with Crippen molar-refractivity contribution in [2.24, 2.45) is 0 Å². The lowest BCUT2D eigenvalue weighted by Gasteiger charge is -2.32. The number of carbonyl (C=O) groups is 2. The van der Waals surface area contributed by atoms with Gasteiger partial charge < -0.3 is 10.2 Å². The van der Waals surface area contributed by atoms with Crippen LogP contribution in [0.25, 0.3) is 0 Å². The highest BCUT2D eigenvalue weighted by molar-refractivity contribution is 7.92. The topological polar surface area (TPSA) is 86.8 Å². The Bertz CT molecular complexity index is 1450. The second-order valence-corrected chi connectivity index (χ2v) is 12.5. The number of hydrogen-bond acceptors (Lipinski definition) is 4. The third-order valence-electron chi connectivity index (χ3n) is 7.09. The molecule has 226 valence electrons. The van der Waals surface area contributed by atoms with Crippen LogP contribution < -0.4 is 9.62 Å². The van der Waals surface area contributed by atoms with Crippen molar-refractivity contribution in [3.8, 4) is 0 Å². The maximum atomic E-state index is 13.9. The lowest BCUT2D eigenvalue weighted by atomic mass is 10.0. The van der Waals surface area contributed by atoms with Crippen LogP contribution >= 0.6 is 0 Å². The number of nitrogens with zero attached hydrogens (tertiary/aromatic N) is 2. The molecule has 0 saturated heterocycles. The van der Waals surface area contributed by atoms with Crippen LogP contribution in [0, 0.1) is 18.6 Å². The Kier molecular flexibility index (Phi) is 11.6. The van der Waals surface area contributed by atoms with E-state index in [2.05, 4.69) is 5.32 Å². The minimum atomic E-state index is -3.85. The van der Waals surface area contributed by atoms with Gasteiger partial charge in [-0.15, -0.1) is 0 Å². The van der Waals surface area contributed by atoms with E-state index < -0.39 is 27.7 Å². The SMILES string of the molecule is CC[C@@H](C)NC(=O)[C@H](Cc1ccccc1)N(Cc1ccc(C)cc1)C(=O)CCCN(c1ccc(F)c(F)c1)S(C)(=O)=O. The van der Waals surface area contributed by atoms with E-state index in [4.69, 9.17) is 0 Å². The average Bonchev–Trinajstić information content (AvgIpc) is 2.95. The van der Waals surface area contributed by atoms with Gasteiger partial charge in [0.25, 0.3) is 0 Å². The Balaban J connectivity index is 1.89. The number of anilines is 1. The van der Waals surface area contributed by atoms with Crippen molar-refractivity contribution >= 4 is 27.5 Å². The summed E-state index contributed by atoms with van der Waals surface area (Å²) in [4.78, 5) is 29.0. The van der Waals surface area contributed by atoms with Crippen LogP contribution in [0.3, 0.4) is 0 Å². The number of hydrogen-bond donors (Lipinski definition) is 1. The molecule has 42 heavy (non-hydrogen) atoms. The summed E-state index contributed by atoms with van der Waals surface area (Å²) in [6.45, 7) is 5.89. The van der Waals surface area contributed by atoms with E-state index >= 15 is 0 Å². The van der Waals surface area contributed by atoms with Gasteiger partial charge in [0, 0.05) is 38.0 Å². The van der Waals surface area contributed by atoms with Crippen LogP contribution in [0.5, 0.6) is 0 Å². The Morgan fingerprint density at radius 2 is 1.60 bits per heavy atom. The molecule has 0 spiro atoms. The third kappa shape index (κ3) is 9.37. The average molecular weight is 600 g/mol. The van der Waals surface area contributed by atoms with E-state index in [9.17, 15) is 26.8 Å². The molecule has 3 aromatic rings. The monoisotopic (exact) mass is 599 g/mol. The lowest BCUT2D eigenvalue weighted by Crippen LogP contribution is -2.52. The van der Waals surface area contributed by atoms with Crippen LogP contribution in [0.4, 0.5) is 14.5 Å². The Hall–Kier alpha value is -3.79. The summed E-state index contributed by atoms with van der Waals surface area (Å²) in [5.74, 6) is -2.85. The first kappa shape index (κ1) is 32.7. The Morgan fingerprint density at radius 3 is 2.19 bits per heavy atom. The van der Waals surface area contributed by atoms with Crippen molar-refractivity contribution < 1.29 is 26.8 Å². The molecule has 2 amide bonds. The van der Waals surface area contributed by atoms with Crippen molar-refractivity contribution in [3.63, 3.8) is 0 Å². The number of nitrogens with one attached hydrogen (secondary N) is 1. The van der Waals surface area contributed by atoms with Gasteiger partial charge in [0.1, 0.15) is 6.04 Å². The number of sulfonamides is 1. The van der Waals surface area contributed by atoms with Crippen molar-refractivity contribution in [2.45, 2.75) is 65.1 Å². The molecule has 10 heteroatoms.